The SMILES string of the molecule is CNC(CCO)CN1CCN(CC2CC2)CC1. The fourth-order valence-corrected chi connectivity index (χ4v) is 2.61. The van der Waals surface area contributed by atoms with Crippen molar-refractivity contribution in [2.24, 2.45) is 5.92 Å². The summed E-state index contributed by atoms with van der Waals surface area (Å²) < 4.78 is 0. The summed E-state index contributed by atoms with van der Waals surface area (Å²) in [7, 11) is 1.99. The first-order chi connectivity index (χ1) is 8.31. The van der Waals surface area contributed by atoms with E-state index >= 15 is 0 Å². The van der Waals surface area contributed by atoms with Gasteiger partial charge in [0.25, 0.3) is 0 Å². The van der Waals surface area contributed by atoms with Gasteiger partial charge in [-0.05, 0) is 32.2 Å². The number of piperazine rings is 1. The minimum Gasteiger partial charge on any atom is -0.396 e. The predicted molar refractivity (Wildman–Crippen MR) is 70.2 cm³/mol. The molecule has 1 saturated heterocycles. The zero-order valence-electron chi connectivity index (χ0n) is 11.1. The van der Waals surface area contributed by atoms with Crippen LogP contribution in [0, 0.1) is 5.92 Å². The Balaban J connectivity index is 1.63. The first-order valence-corrected chi connectivity index (χ1v) is 7.04. The Kier molecular flexibility index (Phi) is 5.22. The Morgan fingerprint density at radius 1 is 1.18 bits per heavy atom. The maximum Gasteiger partial charge on any atom is 0.0446 e. The minimum absolute atomic E-state index is 0.285. The summed E-state index contributed by atoms with van der Waals surface area (Å²) in [6.45, 7) is 7.53. The van der Waals surface area contributed by atoms with Gasteiger partial charge >= 0.3 is 0 Å². The third-order valence-corrected chi connectivity index (χ3v) is 4.04. The van der Waals surface area contributed by atoms with Gasteiger partial charge in [-0.1, -0.05) is 0 Å². The number of nitrogens with one attached hydrogen (secondary N) is 1. The quantitative estimate of drug-likeness (QED) is 0.657. The molecule has 1 aliphatic heterocycles. The minimum atomic E-state index is 0.285. The van der Waals surface area contributed by atoms with Crippen LogP contribution in [0.1, 0.15) is 19.3 Å². The van der Waals surface area contributed by atoms with Crippen molar-refractivity contribution in [1.29, 1.82) is 0 Å². The molecule has 2 N–H and O–H groups in total. The number of rotatable bonds is 7. The number of likely N-dealkylation sites (N-methyl/N-ethyl adjacent to an activating group) is 1. The van der Waals surface area contributed by atoms with Crippen LogP contribution in [0.3, 0.4) is 0 Å². The molecule has 2 rings (SSSR count). The second kappa shape index (κ2) is 6.69. The van der Waals surface area contributed by atoms with Crippen LogP contribution >= 0.6 is 0 Å². The lowest BCUT2D eigenvalue weighted by Crippen LogP contribution is -2.50. The topological polar surface area (TPSA) is 38.7 Å². The van der Waals surface area contributed by atoms with Crippen LogP contribution in [0.25, 0.3) is 0 Å². The summed E-state index contributed by atoms with van der Waals surface area (Å²) in [5, 5.41) is 12.3. The Bertz CT molecular complexity index is 213. The molecule has 0 aromatic rings. The van der Waals surface area contributed by atoms with E-state index < -0.39 is 0 Å². The predicted octanol–water partition coefficient (Wildman–Crippen LogP) is -0.0156. The molecule has 17 heavy (non-hydrogen) atoms. The smallest absolute Gasteiger partial charge is 0.0446 e. The van der Waals surface area contributed by atoms with Crippen molar-refractivity contribution < 1.29 is 5.11 Å². The summed E-state index contributed by atoms with van der Waals surface area (Å²) in [5.74, 6) is 1.01. The number of hydrogen-bond donors (Lipinski definition) is 2. The van der Waals surface area contributed by atoms with Crippen molar-refractivity contribution in [2.45, 2.75) is 25.3 Å². The lowest BCUT2D eigenvalue weighted by Gasteiger charge is -2.36. The average molecular weight is 241 g/mol. The Morgan fingerprint density at radius 3 is 2.35 bits per heavy atom. The summed E-state index contributed by atoms with van der Waals surface area (Å²) in [5.41, 5.74) is 0. The van der Waals surface area contributed by atoms with Crippen LogP contribution in [0.4, 0.5) is 0 Å². The van der Waals surface area contributed by atoms with Gasteiger partial charge in [0.2, 0.25) is 0 Å². The van der Waals surface area contributed by atoms with Crippen molar-refractivity contribution in [3.8, 4) is 0 Å². The molecule has 0 spiro atoms. The van der Waals surface area contributed by atoms with E-state index in [9.17, 15) is 0 Å². The highest BCUT2D eigenvalue weighted by Crippen LogP contribution is 2.29. The van der Waals surface area contributed by atoms with Crippen molar-refractivity contribution >= 4 is 0 Å². The Hall–Kier alpha value is -0.160. The van der Waals surface area contributed by atoms with Gasteiger partial charge in [-0.15, -0.1) is 0 Å². The summed E-state index contributed by atoms with van der Waals surface area (Å²) in [4.78, 5) is 5.15. The summed E-state index contributed by atoms with van der Waals surface area (Å²) >= 11 is 0. The molecule has 1 saturated carbocycles. The fraction of sp³-hybridized carbons (Fsp3) is 1.00. The van der Waals surface area contributed by atoms with Gasteiger partial charge in [-0.3, -0.25) is 4.90 Å². The molecule has 0 amide bonds. The average Bonchev–Trinajstić information content (AvgIpc) is 3.15. The second-order valence-corrected chi connectivity index (χ2v) is 5.54. The molecule has 1 unspecified atom stereocenters. The molecule has 0 radical (unpaired) electrons. The zero-order valence-corrected chi connectivity index (χ0v) is 11.1. The number of aliphatic hydroxyl groups is 1. The molecule has 0 aromatic carbocycles. The van der Waals surface area contributed by atoms with Gasteiger partial charge < -0.3 is 15.3 Å². The van der Waals surface area contributed by atoms with Gasteiger partial charge in [0, 0.05) is 51.9 Å². The van der Waals surface area contributed by atoms with Crippen molar-refractivity contribution in [3.63, 3.8) is 0 Å². The molecule has 4 nitrogen and oxygen atoms in total. The van der Waals surface area contributed by atoms with Gasteiger partial charge in [0.05, 0.1) is 0 Å². The van der Waals surface area contributed by atoms with Crippen LogP contribution in [0.5, 0.6) is 0 Å². The Morgan fingerprint density at radius 2 is 1.82 bits per heavy atom. The molecule has 100 valence electrons. The monoisotopic (exact) mass is 241 g/mol. The van der Waals surface area contributed by atoms with E-state index in [1.165, 1.54) is 45.6 Å². The first-order valence-electron chi connectivity index (χ1n) is 7.04. The van der Waals surface area contributed by atoms with E-state index in [0.717, 1.165) is 18.9 Å². The van der Waals surface area contributed by atoms with E-state index in [4.69, 9.17) is 5.11 Å². The van der Waals surface area contributed by atoms with Crippen LogP contribution in [0.15, 0.2) is 0 Å². The van der Waals surface area contributed by atoms with Crippen LogP contribution in [-0.2, 0) is 0 Å². The van der Waals surface area contributed by atoms with Crippen molar-refractivity contribution in [3.05, 3.63) is 0 Å². The van der Waals surface area contributed by atoms with E-state index in [2.05, 4.69) is 15.1 Å². The largest absolute Gasteiger partial charge is 0.396 e. The highest BCUT2D eigenvalue weighted by atomic mass is 16.3. The number of aliphatic hydroxyl groups excluding tert-OH is 1. The van der Waals surface area contributed by atoms with Crippen molar-refractivity contribution in [1.82, 2.24) is 15.1 Å². The molecular weight excluding hydrogens is 214 g/mol. The Labute approximate surface area is 105 Å². The van der Waals surface area contributed by atoms with E-state index in [1.54, 1.807) is 0 Å². The summed E-state index contributed by atoms with van der Waals surface area (Å²) in [6.07, 6.45) is 3.77. The van der Waals surface area contributed by atoms with E-state index in [1.807, 2.05) is 7.05 Å². The molecule has 1 aliphatic carbocycles. The maximum atomic E-state index is 8.98. The number of hydrogen-bond acceptors (Lipinski definition) is 4. The molecule has 1 heterocycles. The second-order valence-electron chi connectivity index (χ2n) is 5.54. The van der Waals surface area contributed by atoms with Gasteiger partial charge in [0.1, 0.15) is 0 Å². The van der Waals surface area contributed by atoms with Crippen LogP contribution in [0.2, 0.25) is 0 Å². The zero-order chi connectivity index (χ0) is 12.1. The molecule has 2 aliphatic rings. The van der Waals surface area contributed by atoms with Gasteiger partial charge in [0.15, 0.2) is 0 Å². The van der Waals surface area contributed by atoms with E-state index in [0.29, 0.717) is 6.04 Å². The summed E-state index contributed by atoms with van der Waals surface area (Å²) in [6, 6.07) is 0.440. The van der Waals surface area contributed by atoms with Crippen LogP contribution in [-0.4, -0.2) is 73.9 Å². The van der Waals surface area contributed by atoms with Gasteiger partial charge in [-0.25, -0.2) is 0 Å². The van der Waals surface area contributed by atoms with Crippen LogP contribution < -0.4 is 5.32 Å². The van der Waals surface area contributed by atoms with Gasteiger partial charge in [-0.2, -0.15) is 0 Å². The standard InChI is InChI=1S/C13H27N3O/c1-14-13(4-9-17)11-16-7-5-15(6-8-16)10-12-2-3-12/h12-14,17H,2-11H2,1H3. The fourth-order valence-electron chi connectivity index (χ4n) is 2.61. The molecule has 1 atom stereocenters. The molecule has 2 fully saturated rings. The normalized spacial score (nSPS) is 25.1. The molecule has 4 heteroatoms. The highest BCUT2D eigenvalue weighted by molar-refractivity contribution is 4.81. The lowest BCUT2D eigenvalue weighted by molar-refractivity contribution is 0.116. The third kappa shape index (κ3) is 4.54. The third-order valence-electron chi connectivity index (χ3n) is 4.04. The highest BCUT2D eigenvalue weighted by Gasteiger charge is 2.26. The molecular formula is C13H27N3O. The molecule has 0 aromatic heterocycles. The molecule has 0 bridgehead atoms. The van der Waals surface area contributed by atoms with Crippen molar-refractivity contribution in [2.75, 3.05) is 52.9 Å². The number of nitrogens with zero attached hydrogens (tertiary/aromatic N) is 2. The maximum absolute atomic E-state index is 8.98. The lowest BCUT2D eigenvalue weighted by atomic mass is 10.2. The first kappa shape index (κ1) is 13.3. The van der Waals surface area contributed by atoms with E-state index in [-0.39, 0.29) is 6.61 Å².